The number of benzene rings is 1. The molecule has 0 saturated carbocycles. The molecule has 1 saturated heterocycles. The molecule has 0 radical (unpaired) electrons. The second kappa shape index (κ2) is 5.35. The number of nitrogens with zero attached hydrogens (tertiary/aromatic N) is 2. The Balaban J connectivity index is 1.93. The number of carbonyl (C=O) groups is 1. The highest BCUT2D eigenvalue weighted by Crippen LogP contribution is 2.14. The number of carbonyl (C=O) groups excluding carboxylic acids is 1. The lowest BCUT2D eigenvalue weighted by molar-refractivity contribution is -0.130. The molecule has 0 aromatic heterocycles. The van der Waals surface area contributed by atoms with Crippen LogP contribution < -0.4 is 5.73 Å². The van der Waals surface area contributed by atoms with Crippen LogP contribution in [0.15, 0.2) is 18.2 Å². The first-order chi connectivity index (χ1) is 8.54. The molecule has 1 fully saturated rings. The molecule has 1 aliphatic rings. The normalized spacial score (nSPS) is 16.9. The molecule has 4 nitrogen and oxygen atoms in total. The molecule has 1 aromatic carbocycles. The quantitative estimate of drug-likeness (QED) is 0.800. The van der Waals surface area contributed by atoms with Gasteiger partial charge in [0.25, 0.3) is 0 Å². The molecule has 0 atom stereocenters. The van der Waals surface area contributed by atoms with E-state index < -0.39 is 0 Å². The molecule has 2 rings (SSSR count). The van der Waals surface area contributed by atoms with Crippen molar-refractivity contribution in [2.75, 3.05) is 31.9 Å². The van der Waals surface area contributed by atoms with Crippen molar-refractivity contribution in [1.82, 2.24) is 9.80 Å². The Kier molecular flexibility index (Phi) is 3.81. The van der Waals surface area contributed by atoms with Gasteiger partial charge in [0.15, 0.2) is 0 Å². The van der Waals surface area contributed by atoms with Gasteiger partial charge in [-0.05, 0) is 23.8 Å². The minimum atomic E-state index is -0.299. The van der Waals surface area contributed by atoms with Crippen LogP contribution in [0.2, 0.25) is 0 Å². The third-order valence-electron chi connectivity index (χ3n) is 3.20. The number of nitrogens with two attached hydrogens (primary N) is 1. The molecule has 0 unspecified atom stereocenters. The molecular weight excluding hydrogens is 233 g/mol. The second-order valence-corrected chi connectivity index (χ2v) is 4.68. The van der Waals surface area contributed by atoms with Gasteiger partial charge in [0.05, 0.1) is 0 Å². The fraction of sp³-hybridized carbons (Fsp3) is 0.462. The molecule has 5 heteroatoms. The van der Waals surface area contributed by atoms with Gasteiger partial charge in [-0.1, -0.05) is 0 Å². The van der Waals surface area contributed by atoms with Crippen LogP contribution in [0.3, 0.4) is 0 Å². The Bertz CT molecular complexity index is 422. The highest BCUT2D eigenvalue weighted by molar-refractivity contribution is 5.73. The van der Waals surface area contributed by atoms with E-state index >= 15 is 0 Å². The maximum absolute atomic E-state index is 13.2. The van der Waals surface area contributed by atoms with Gasteiger partial charge in [0, 0.05) is 45.3 Å². The zero-order chi connectivity index (χ0) is 13.1. The van der Waals surface area contributed by atoms with E-state index in [1.54, 1.807) is 13.0 Å². The molecule has 2 N–H and O–H groups in total. The van der Waals surface area contributed by atoms with Gasteiger partial charge in [-0.2, -0.15) is 0 Å². The number of amides is 1. The first-order valence-corrected chi connectivity index (χ1v) is 6.07. The lowest BCUT2D eigenvalue weighted by atomic mass is 10.1. The van der Waals surface area contributed by atoms with E-state index in [1.165, 1.54) is 12.1 Å². The van der Waals surface area contributed by atoms with E-state index in [0.29, 0.717) is 12.2 Å². The van der Waals surface area contributed by atoms with Crippen LogP contribution in [0, 0.1) is 5.82 Å². The third kappa shape index (κ3) is 3.20. The van der Waals surface area contributed by atoms with Gasteiger partial charge < -0.3 is 10.6 Å². The van der Waals surface area contributed by atoms with Gasteiger partial charge in [-0.25, -0.2) is 4.39 Å². The summed E-state index contributed by atoms with van der Waals surface area (Å²) in [7, 11) is 0. The zero-order valence-electron chi connectivity index (χ0n) is 10.5. The van der Waals surface area contributed by atoms with Crippen molar-refractivity contribution in [3.8, 4) is 0 Å². The Hall–Kier alpha value is -1.62. The topological polar surface area (TPSA) is 49.6 Å². The summed E-state index contributed by atoms with van der Waals surface area (Å²) < 4.78 is 13.2. The largest absolute Gasteiger partial charge is 0.399 e. The molecule has 18 heavy (non-hydrogen) atoms. The van der Waals surface area contributed by atoms with Crippen molar-refractivity contribution in [3.63, 3.8) is 0 Å². The first kappa shape index (κ1) is 12.8. The minimum Gasteiger partial charge on any atom is -0.399 e. The second-order valence-electron chi connectivity index (χ2n) is 4.68. The summed E-state index contributed by atoms with van der Waals surface area (Å²) in [5, 5.41) is 0. The number of anilines is 1. The smallest absolute Gasteiger partial charge is 0.219 e. The van der Waals surface area contributed by atoms with Crippen LogP contribution in [0.1, 0.15) is 12.5 Å². The van der Waals surface area contributed by atoms with Crippen LogP contribution in [-0.4, -0.2) is 41.9 Å². The Morgan fingerprint density at radius 2 is 1.94 bits per heavy atom. The van der Waals surface area contributed by atoms with Crippen molar-refractivity contribution in [2.45, 2.75) is 13.5 Å². The highest BCUT2D eigenvalue weighted by Gasteiger charge is 2.18. The molecule has 1 aromatic rings. The van der Waals surface area contributed by atoms with E-state index in [9.17, 15) is 9.18 Å². The monoisotopic (exact) mass is 251 g/mol. The Labute approximate surface area is 106 Å². The molecule has 1 amide bonds. The predicted octanol–water partition coefficient (Wildman–Crippen LogP) is 1.07. The molecular formula is C13H18FN3O. The van der Waals surface area contributed by atoms with E-state index in [2.05, 4.69) is 4.90 Å². The Morgan fingerprint density at radius 1 is 1.28 bits per heavy atom. The summed E-state index contributed by atoms with van der Waals surface area (Å²) in [5.41, 5.74) is 6.94. The van der Waals surface area contributed by atoms with Crippen LogP contribution in [0.4, 0.5) is 10.1 Å². The summed E-state index contributed by atoms with van der Waals surface area (Å²) in [6.45, 7) is 5.36. The lowest BCUT2D eigenvalue weighted by Crippen LogP contribution is -2.47. The zero-order valence-corrected chi connectivity index (χ0v) is 10.5. The van der Waals surface area contributed by atoms with Crippen molar-refractivity contribution in [2.24, 2.45) is 0 Å². The average Bonchev–Trinajstić information content (AvgIpc) is 2.28. The molecule has 98 valence electrons. The highest BCUT2D eigenvalue weighted by atomic mass is 19.1. The molecule has 1 aliphatic heterocycles. The number of hydrogen-bond donors (Lipinski definition) is 1. The SMILES string of the molecule is CC(=O)N1CCN(Cc2cc(N)cc(F)c2)CC1. The molecule has 1 heterocycles. The van der Waals surface area contributed by atoms with E-state index in [-0.39, 0.29) is 11.7 Å². The fourth-order valence-corrected chi connectivity index (χ4v) is 2.25. The summed E-state index contributed by atoms with van der Waals surface area (Å²) >= 11 is 0. The van der Waals surface area contributed by atoms with Gasteiger partial charge in [-0.3, -0.25) is 9.69 Å². The maximum atomic E-state index is 13.2. The van der Waals surface area contributed by atoms with Gasteiger partial charge in [0.2, 0.25) is 5.91 Å². The Morgan fingerprint density at radius 3 is 2.50 bits per heavy atom. The van der Waals surface area contributed by atoms with Gasteiger partial charge in [-0.15, -0.1) is 0 Å². The summed E-state index contributed by atoms with van der Waals surface area (Å²) in [6.07, 6.45) is 0. The van der Waals surface area contributed by atoms with Crippen LogP contribution in [-0.2, 0) is 11.3 Å². The van der Waals surface area contributed by atoms with Crippen molar-refractivity contribution in [1.29, 1.82) is 0 Å². The van der Waals surface area contributed by atoms with Crippen molar-refractivity contribution >= 4 is 11.6 Å². The van der Waals surface area contributed by atoms with E-state index in [1.807, 2.05) is 4.90 Å². The maximum Gasteiger partial charge on any atom is 0.219 e. The predicted molar refractivity (Wildman–Crippen MR) is 68.3 cm³/mol. The summed E-state index contributed by atoms with van der Waals surface area (Å²) in [6, 6.07) is 4.62. The number of halogens is 1. The first-order valence-electron chi connectivity index (χ1n) is 6.07. The number of piperazine rings is 1. The number of hydrogen-bond acceptors (Lipinski definition) is 3. The molecule has 0 bridgehead atoms. The van der Waals surface area contributed by atoms with Crippen LogP contribution in [0.5, 0.6) is 0 Å². The molecule has 0 spiro atoms. The van der Waals surface area contributed by atoms with Crippen LogP contribution in [0.25, 0.3) is 0 Å². The summed E-state index contributed by atoms with van der Waals surface area (Å²) in [4.78, 5) is 15.2. The standard InChI is InChI=1S/C13H18FN3O/c1-10(18)17-4-2-16(3-5-17)9-11-6-12(14)8-13(15)7-11/h6-8H,2-5,9,15H2,1H3. The third-order valence-corrected chi connectivity index (χ3v) is 3.20. The minimum absolute atomic E-state index is 0.115. The molecule has 0 aliphatic carbocycles. The van der Waals surface area contributed by atoms with Gasteiger partial charge in [0.1, 0.15) is 5.82 Å². The summed E-state index contributed by atoms with van der Waals surface area (Å²) in [5.74, 6) is -0.183. The average molecular weight is 251 g/mol. The number of nitrogen functional groups attached to an aromatic ring is 1. The number of rotatable bonds is 2. The van der Waals surface area contributed by atoms with E-state index in [4.69, 9.17) is 5.73 Å². The van der Waals surface area contributed by atoms with Gasteiger partial charge >= 0.3 is 0 Å². The van der Waals surface area contributed by atoms with Crippen molar-refractivity contribution in [3.05, 3.63) is 29.6 Å². The van der Waals surface area contributed by atoms with Crippen molar-refractivity contribution < 1.29 is 9.18 Å². The van der Waals surface area contributed by atoms with E-state index in [0.717, 1.165) is 31.7 Å². The fourth-order valence-electron chi connectivity index (χ4n) is 2.25. The lowest BCUT2D eigenvalue weighted by Gasteiger charge is -2.34. The van der Waals surface area contributed by atoms with Crippen LogP contribution >= 0.6 is 0 Å².